The van der Waals surface area contributed by atoms with E-state index in [0.29, 0.717) is 0 Å². The van der Waals surface area contributed by atoms with Crippen molar-refractivity contribution in [2.75, 3.05) is 5.32 Å². The van der Waals surface area contributed by atoms with E-state index in [1.54, 1.807) is 6.07 Å². The second-order valence-electron chi connectivity index (χ2n) is 4.14. The minimum Gasteiger partial charge on any atom is -0.377 e. The van der Waals surface area contributed by atoms with Crippen LogP contribution in [-0.4, -0.2) is 0 Å². The van der Waals surface area contributed by atoms with Crippen LogP contribution in [0.1, 0.15) is 24.9 Å². The van der Waals surface area contributed by atoms with Gasteiger partial charge in [0.15, 0.2) is 0 Å². The summed E-state index contributed by atoms with van der Waals surface area (Å²) < 4.78 is 14.1. The molecule has 0 aliphatic rings. The molecule has 0 aromatic heterocycles. The van der Waals surface area contributed by atoms with E-state index in [9.17, 15) is 4.39 Å². The van der Waals surface area contributed by atoms with E-state index in [1.165, 1.54) is 17.7 Å². The van der Waals surface area contributed by atoms with Gasteiger partial charge in [-0.05, 0) is 46.1 Å². The van der Waals surface area contributed by atoms with Crippen LogP contribution in [0.5, 0.6) is 0 Å². The molecule has 0 radical (unpaired) electrons. The molecule has 0 heterocycles. The molecule has 0 spiro atoms. The molecular weight excluding hydrogens is 293 g/mol. The van der Waals surface area contributed by atoms with E-state index in [0.717, 1.165) is 16.6 Å². The van der Waals surface area contributed by atoms with Gasteiger partial charge in [-0.2, -0.15) is 0 Å². The van der Waals surface area contributed by atoms with Gasteiger partial charge in [-0.15, -0.1) is 0 Å². The fourth-order valence-corrected chi connectivity index (χ4v) is 2.26. The summed E-state index contributed by atoms with van der Waals surface area (Å²) in [6.45, 7) is 2.11. The molecule has 3 heteroatoms. The lowest BCUT2D eigenvalue weighted by Gasteiger charge is -2.19. The molecule has 1 unspecified atom stereocenters. The molecule has 0 amide bonds. The predicted molar refractivity (Wildman–Crippen MR) is 77.2 cm³/mol. The highest BCUT2D eigenvalue weighted by atomic mass is 79.9. The molecule has 94 valence electrons. The van der Waals surface area contributed by atoms with Crippen molar-refractivity contribution in [1.82, 2.24) is 0 Å². The Morgan fingerprint density at radius 1 is 1.17 bits per heavy atom. The summed E-state index contributed by atoms with van der Waals surface area (Å²) in [7, 11) is 0. The van der Waals surface area contributed by atoms with Gasteiger partial charge in [-0.3, -0.25) is 0 Å². The van der Waals surface area contributed by atoms with Gasteiger partial charge in [0, 0.05) is 4.47 Å². The standard InChI is InChI=1S/C15H15BrFN/c1-2-14(11-6-4-3-5-7-11)18-15-10-12(17)8-9-13(15)16/h3-10,14,18H,2H2,1H3. The Balaban J connectivity index is 2.23. The zero-order valence-corrected chi connectivity index (χ0v) is 11.7. The Kier molecular flexibility index (Phi) is 4.37. The molecule has 2 rings (SSSR count). The summed E-state index contributed by atoms with van der Waals surface area (Å²) in [5.74, 6) is -0.233. The first kappa shape index (κ1) is 13.1. The molecule has 1 atom stereocenters. The number of nitrogens with one attached hydrogen (secondary N) is 1. The predicted octanol–water partition coefficient (Wildman–Crippen LogP) is 5.15. The van der Waals surface area contributed by atoms with E-state index in [4.69, 9.17) is 0 Å². The quantitative estimate of drug-likeness (QED) is 0.823. The highest BCUT2D eigenvalue weighted by molar-refractivity contribution is 9.10. The number of hydrogen-bond donors (Lipinski definition) is 1. The molecule has 0 bridgehead atoms. The molecule has 0 fully saturated rings. The van der Waals surface area contributed by atoms with Crippen LogP contribution in [0.25, 0.3) is 0 Å². The summed E-state index contributed by atoms with van der Waals surface area (Å²) >= 11 is 3.43. The van der Waals surface area contributed by atoms with Crippen molar-refractivity contribution >= 4 is 21.6 Å². The van der Waals surface area contributed by atoms with E-state index in [-0.39, 0.29) is 11.9 Å². The van der Waals surface area contributed by atoms with Crippen LogP contribution in [0.2, 0.25) is 0 Å². The van der Waals surface area contributed by atoms with Gasteiger partial charge in [0.05, 0.1) is 11.7 Å². The summed E-state index contributed by atoms with van der Waals surface area (Å²) in [4.78, 5) is 0. The van der Waals surface area contributed by atoms with E-state index >= 15 is 0 Å². The third kappa shape index (κ3) is 3.10. The maximum Gasteiger partial charge on any atom is 0.125 e. The highest BCUT2D eigenvalue weighted by Gasteiger charge is 2.10. The molecule has 18 heavy (non-hydrogen) atoms. The smallest absolute Gasteiger partial charge is 0.125 e. The van der Waals surface area contributed by atoms with Gasteiger partial charge in [-0.25, -0.2) is 4.39 Å². The first-order valence-corrected chi connectivity index (χ1v) is 6.76. The van der Waals surface area contributed by atoms with Crippen LogP contribution in [0.3, 0.4) is 0 Å². The molecule has 1 nitrogen and oxygen atoms in total. The maximum absolute atomic E-state index is 13.2. The van der Waals surface area contributed by atoms with Gasteiger partial charge in [0.25, 0.3) is 0 Å². The number of benzene rings is 2. The average molecular weight is 308 g/mol. The van der Waals surface area contributed by atoms with Gasteiger partial charge < -0.3 is 5.32 Å². The molecule has 1 N–H and O–H groups in total. The van der Waals surface area contributed by atoms with Crippen molar-refractivity contribution in [3.05, 3.63) is 64.4 Å². The van der Waals surface area contributed by atoms with Gasteiger partial charge in [0.2, 0.25) is 0 Å². The number of hydrogen-bond acceptors (Lipinski definition) is 1. The topological polar surface area (TPSA) is 12.0 Å². The number of rotatable bonds is 4. The summed E-state index contributed by atoms with van der Waals surface area (Å²) in [5, 5.41) is 3.37. The Morgan fingerprint density at radius 2 is 1.89 bits per heavy atom. The molecule has 0 saturated heterocycles. The molecule has 0 aliphatic heterocycles. The largest absolute Gasteiger partial charge is 0.377 e. The van der Waals surface area contributed by atoms with Crippen molar-refractivity contribution in [1.29, 1.82) is 0 Å². The number of anilines is 1. The molecule has 0 saturated carbocycles. The monoisotopic (exact) mass is 307 g/mol. The summed E-state index contributed by atoms with van der Waals surface area (Å²) in [6.07, 6.45) is 0.937. The zero-order valence-electron chi connectivity index (χ0n) is 10.2. The van der Waals surface area contributed by atoms with Crippen LogP contribution in [0, 0.1) is 5.82 Å². The Morgan fingerprint density at radius 3 is 2.56 bits per heavy atom. The van der Waals surface area contributed by atoms with Crippen LogP contribution in [-0.2, 0) is 0 Å². The minimum absolute atomic E-state index is 0.185. The van der Waals surface area contributed by atoms with Crippen LogP contribution in [0.15, 0.2) is 53.0 Å². The van der Waals surface area contributed by atoms with Gasteiger partial charge in [-0.1, -0.05) is 37.3 Å². The Hall–Kier alpha value is -1.35. The fraction of sp³-hybridized carbons (Fsp3) is 0.200. The minimum atomic E-state index is -0.233. The Bertz CT molecular complexity index is 513. The summed E-state index contributed by atoms with van der Waals surface area (Å²) in [5.41, 5.74) is 1.99. The van der Waals surface area contributed by atoms with Crippen molar-refractivity contribution < 1.29 is 4.39 Å². The van der Waals surface area contributed by atoms with E-state index in [1.807, 2.05) is 18.2 Å². The van der Waals surface area contributed by atoms with E-state index < -0.39 is 0 Å². The third-order valence-corrected chi connectivity index (χ3v) is 3.56. The fourth-order valence-electron chi connectivity index (χ4n) is 1.90. The lowest BCUT2D eigenvalue weighted by Crippen LogP contribution is -2.10. The molecule has 0 aliphatic carbocycles. The average Bonchev–Trinajstić information content (AvgIpc) is 2.41. The van der Waals surface area contributed by atoms with Gasteiger partial charge in [0.1, 0.15) is 5.82 Å². The van der Waals surface area contributed by atoms with Crippen LogP contribution >= 0.6 is 15.9 Å². The maximum atomic E-state index is 13.2. The second-order valence-corrected chi connectivity index (χ2v) is 4.99. The first-order valence-electron chi connectivity index (χ1n) is 5.97. The van der Waals surface area contributed by atoms with Crippen molar-refractivity contribution in [2.24, 2.45) is 0 Å². The molecule has 2 aromatic rings. The third-order valence-electron chi connectivity index (χ3n) is 2.87. The zero-order chi connectivity index (χ0) is 13.0. The normalized spacial score (nSPS) is 12.2. The van der Waals surface area contributed by atoms with Crippen molar-refractivity contribution in [3.8, 4) is 0 Å². The number of halogens is 2. The molecular formula is C15H15BrFN. The van der Waals surface area contributed by atoms with E-state index in [2.05, 4.69) is 40.3 Å². The lowest BCUT2D eigenvalue weighted by molar-refractivity contribution is 0.627. The lowest BCUT2D eigenvalue weighted by atomic mass is 10.0. The second kappa shape index (κ2) is 6.01. The molecule has 2 aromatic carbocycles. The highest BCUT2D eigenvalue weighted by Crippen LogP contribution is 2.28. The van der Waals surface area contributed by atoms with Crippen molar-refractivity contribution in [2.45, 2.75) is 19.4 Å². The Labute approximate surface area is 115 Å². The summed E-state index contributed by atoms with van der Waals surface area (Å²) in [6, 6.07) is 15.0. The van der Waals surface area contributed by atoms with Crippen LogP contribution < -0.4 is 5.32 Å². The van der Waals surface area contributed by atoms with Gasteiger partial charge >= 0.3 is 0 Å². The van der Waals surface area contributed by atoms with Crippen molar-refractivity contribution in [3.63, 3.8) is 0 Å². The van der Waals surface area contributed by atoms with Crippen LogP contribution in [0.4, 0.5) is 10.1 Å². The first-order chi connectivity index (χ1) is 8.70. The SMILES string of the molecule is CCC(Nc1cc(F)ccc1Br)c1ccccc1.